The molecular formula is C24H30FN5. The second-order valence-corrected chi connectivity index (χ2v) is 7.93. The van der Waals surface area contributed by atoms with Crippen LogP contribution in [0, 0.1) is 5.82 Å². The van der Waals surface area contributed by atoms with Gasteiger partial charge in [0.15, 0.2) is 5.96 Å². The molecule has 0 atom stereocenters. The smallest absolute Gasteiger partial charge is 0.191 e. The molecule has 158 valence electrons. The first-order chi connectivity index (χ1) is 14.7. The summed E-state index contributed by atoms with van der Waals surface area (Å²) in [6, 6.07) is 16.0. The van der Waals surface area contributed by atoms with Crippen LogP contribution in [-0.4, -0.2) is 48.6 Å². The van der Waals surface area contributed by atoms with Crippen molar-refractivity contribution in [1.82, 2.24) is 20.5 Å². The normalized spacial score (nSPS) is 16.1. The highest BCUT2D eigenvalue weighted by molar-refractivity contribution is 5.83. The van der Waals surface area contributed by atoms with Crippen molar-refractivity contribution in [2.75, 3.05) is 26.7 Å². The molecule has 30 heavy (non-hydrogen) atoms. The molecule has 0 radical (unpaired) electrons. The Morgan fingerprint density at radius 3 is 2.73 bits per heavy atom. The molecule has 0 saturated carbocycles. The molecule has 1 aliphatic rings. The average molecular weight is 408 g/mol. The number of benzene rings is 2. The number of rotatable bonds is 6. The maximum atomic E-state index is 13.5. The van der Waals surface area contributed by atoms with Gasteiger partial charge in [-0.1, -0.05) is 30.3 Å². The van der Waals surface area contributed by atoms with Crippen LogP contribution in [0.4, 0.5) is 4.39 Å². The van der Waals surface area contributed by atoms with Gasteiger partial charge in [0.1, 0.15) is 5.82 Å². The number of fused-ring (bicyclic) bond motifs is 1. The van der Waals surface area contributed by atoms with Crippen LogP contribution in [0.1, 0.15) is 24.0 Å². The SMILES string of the molecule is CN=C(NCCc1c[nH]c2ccc(F)cc12)NC1CCN(Cc2ccccc2)CC1. The van der Waals surface area contributed by atoms with Crippen molar-refractivity contribution in [3.05, 3.63) is 71.7 Å². The largest absolute Gasteiger partial charge is 0.361 e. The molecule has 0 aliphatic carbocycles. The highest BCUT2D eigenvalue weighted by Crippen LogP contribution is 2.19. The van der Waals surface area contributed by atoms with E-state index in [0.717, 1.165) is 67.9 Å². The molecule has 3 N–H and O–H groups in total. The van der Waals surface area contributed by atoms with Crippen LogP contribution >= 0.6 is 0 Å². The molecule has 1 aliphatic heterocycles. The van der Waals surface area contributed by atoms with E-state index in [1.54, 1.807) is 19.2 Å². The quantitative estimate of drug-likeness (QED) is 0.432. The maximum absolute atomic E-state index is 13.5. The van der Waals surface area contributed by atoms with Crippen LogP contribution in [0.5, 0.6) is 0 Å². The zero-order valence-electron chi connectivity index (χ0n) is 17.5. The summed E-state index contributed by atoms with van der Waals surface area (Å²) < 4.78 is 13.5. The molecule has 2 heterocycles. The van der Waals surface area contributed by atoms with Gasteiger partial charge in [0, 0.05) is 56.4 Å². The van der Waals surface area contributed by atoms with Crippen molar-refractivity contribution in [3.8, 4) is 0 Å². The second kappa shape index (κ2) is 9.76. The Kier molecular flexibility index (Phi) is 6.64. The van der Waals surface area contributed by atoms with E-state index < -0.39 is 0 Å². The monoisotopic (exact) mass is 407 g/mol. The maximum Gasteiger partial charge on any atom is 0.191 e. The Hall–Kier alpha value is -2.86. The average Bonchev–Trinajstić information content (AvgIpc) is 3.17. The minimum atomic E-state index is -0.201. The van der Waals surface area contributed by atoms with Gasteiger partial charge in [-0.15, -0.1) is 0 Å². The van der Waals surface area contributed by atoms with Gasteiger partial charge in [0.05, 0.1) is 0 Å². The van der Waals surface area contributed by atoms with E-state index >= 15 is 0 Å². The lowest BCUT2D eigenvalue weighted by molar-refractivity contribution is 0.198. The first-order valence-corrected chi connectivity index (χ1v) is 10.7. The lowest BCUT2D eigenvalue weighted by atomic mass is 10.0. The number of piperidine rings is 1. The summed E-state index contributed by atoms with van der Waals surface area (Å²) in [6.45, 7) is 3.94. The van der Waals surface area contributed by atoms with Crippen molar-refractivity contribution in [3.63, 3.8) is 0 Å². The molecule has 0 amide bonds. The van der Waals surface area contributed by atoms with Crippen LogP contribution in [-0.2, 0) is 13.0 Å². The van der Waals surface area contributed by atoms with Crippen LogP contribution < -0.4 is 10.6 Å². The molecule has 5 nitrogen and oxygen atoms in total. The number of halogens is 1. The van der Waals surface area contributed by atoms with Gasteiger partial charge in [0.25, 0.3) is 0 Å². The highest BCUT2D eigenvalue weighted by atomic mass is 19.1. The van der Waals surface area contributed by atoms with Crippen molar-refractivity contribution >= 4 is 16.9 Å². The lowest BCUT2D eigenvalue weighted by Gasteiger charge is -2.33. The first kappa shape index (κ1) is 20.4. The van der Waals surface area contributed by atoms with Crippen molar-refractivity contribution in [2.45, 2.75) is 31.8 Å². The molecule has 4 rings (SSSR count). The fraction of sp³-hybridized carbons (Fsp3) is 0.375. The molecule has 2 aromatic carbocycles. The fourth-order valence-corrected chi connectivity index (χ4v) is 4.14. The lowest BCUT2D eigenvalue weighted by Crippen LogP contribution is -2.48. The number of nitrogens with zero attached hydrogens (tertiary/aromatic N) is 2. The summed E-state index contributed by atoms with van der Waals surface area (Å²) in [5, 5.41) is 7.91. The van der Waals surface area contributed by atoms with E-state index in [4.69, 9.17) is 0 Å². The molecule has 3 aromatic rings. The third-order valence-electron chi connectivity index (χ3n) is 5.82. The minimum absolute atomic E-state index is 0.201. The Labute approximate surface area is 177 Å². The summed E-state index contributed by atoms with van der Waals surface area (Å²) in [6.07, 6.45) is 4.98. The Morgan fingerprint density at radius 1 is 1.17 bits per heavy atom. The van der Waals surface area contributed by atoms with E-state index in [9.17, 15) is 4.39 Å². The third-order valence-corrected chi connectivity index (χ3v) is 5.82. The molecule has 1 saturated heterocycles. The van der Waals surface area contributed by atoms with Crippen LogP contribution in [0.3, 0.4) is 0 Å². The summed E-state index contributed by atoms with van der Waals surface area (Å²) in [5.41, 5.74) is 3.45. The van der Waals surface area contributed by atoms with Gasteiger partial charge in [-0.2, -0.15) is 0 Å². The number of aromatic amines is 1. The predicted octanol–water partition coefficient (Wildman–Crippen LogP) is 3.68. The van der Waals surface area contributed by atoms with Gasteiger partial charge < -0.3 is 15.6 Å². The Bertz CT molecular complexity index is 974. The number of hydrogen-bond acceptors (Lipinski definition) is 2. The number of H-pyrrole nitrogens is 1. The highest BCUT2D eigenvalue weighted by Gasteiger charge is 2.20. The molecule has 1 fully saturated rings. The van der Waals surface area contributed by atoms with E-state index in [1.807, 2.05) is 6.20 Å². The fourth-order valence-electron chi connectivity index (χ4n) is 4.14. The third kappa shape index (κ3) is 5.19. The number of likely N-dealkylation sites (tertiary alicyclic amines) is 1. The van der Waals surface area contributed by atoms with Crippen LogP contribution in [0.2, 0.25) is 0 Å². The molecule has 0 unspecified atom stereocenters. The molecule has 0 spiro atoms. The predicted molar refractivity (Wildman–Crippen MR) is 121 cm³/mol. The van der Waals surface area contributed by atoms with Gasteiger partial charge >= 0.3 is 0 Å². The van der Waals surface area contributed by atoms with E-state index in [1.165, 1.54) is 11.6 Å². The van der Waals surface area contributed by atoms with Gasteiger partial charge in [-0.25, -0.2) is 4.39 Å². The van der Waals surface area contributed by atoms with Gasteiger partial charge in [0.2, 0.25) is 0 Å². The van der Waals surface area contributed by atoms with Crippen molar-refractivity contribution < 1.29 is 4.39 Å². The molecular weight excluding hydrogens is 377 g/mol. The van der Waals surface area contributed by atoms with E-state index in [2.05, 4.69) is 55.8 Å². The summed E-state index contributed by atoms with van der Waals surface area (Å²) >= 11 is 0. The zero-order valence-corrected chi connectivity index (χ0v) is 17.5. The molecule has 0 bridgehead atoms. The topological polar surface area (TPSA) is 55.5 Å². The summed E-state index contributed by atoms with van der Waals surface area (Å²) in [7, 11) is 1.81. The Balaban J connectivity index is 1.22. The minimum Gasteiger partial charge on any atom is -0.361 e. The van der Waals surface area contributed by atoms with E-state index in [-0.39, 0.29) is 5.82 Å². The first-order valence-electron chi connectivity index (χ1n) is 10.7. The molecule has 6 heteroatoms. The second-order valence-electron chi connectivity index (χ2n) is 7.93. The molecule has 1 aromatic heterocycles. The Morgan fingerprint density at radius 2 is 1.97 bits per heavy atom. The van der Waals surface area contributed by atoms with Gasteiger partial charge in [-0.3, -0.25) is 9.89 Å². The van der Waals surface area contributed by atoms with Crippen molar-refractivity contribution in [1.29, 1.82) is 0 Å². The summed E-state index contributed by atoms with van der Waals surface area (Å²) in [5.74, 6) is 0.634. The number of nitrogens with one attached hydrogen (secondary N) is 3. The van der Waals surface area contributed by atoms with E-state index in [0.29, 0.717) is 6.04 Å². The number of guanidine groups is 1. The number of hydrogen-bond donors (Lipinski definition) is 3. The zero-order chi connectivity index (χ0) is 20.8. The van der Waals surface area contributed by atoms with Crippen LogP contribution in [0.15, 0.2) is 59.7 Å². The summed E-state index contributed by atoms with van der Waals surface area (Å²) in [4.78, 5) is 10.1. The standard InChI is InChI=1S/C24H30FN5/c1-26-24(27-12-9-19-16-28-23-8-7-20(25)15-22(19)23)29-21-10-13-30(14-11-21)17-18-5-3-2-4-6-18/h2-8,15-16,21,28H,9-14,17H2,1H3,(H2,26,27,29). The van der Waals surface area contributed by atoms with Crippen LogP contribution in [0.25, 0.3) is 10.9 Å². The number of aliphatic imine (C=N–C) groups is 1. The number of aromatic nitrogens is 1. The van der Waals surface area contributed by atoms with Crippen molar-refractivity contribution in [2.24, 2.45) is 4.99 Å². The van der Waals surface area contributed by atoms with Gasteiger partial charge in [-0.05, 0) is 48.6 Å².